The summed E-state index contributed by atoms with van der Waals surface area (Å²) in [5.74, 6) is 0.313. The lowest BCUT2D eigenvalue weighted by molar-refractivity contribution is -0.120. The van der Waals surface area contributed by atoms with Crippen LogP contribution < -0.4 is 4.74 Å². The lowest BCUT2D eigenvalue weighted by Gasteiger charge is -2.11. The molecule has 0 heterocycles. The summed E-state index contributed by atoms with van der Waals surface area (Å²) in [6.07, 6.45) is 0.510. The first kappa shape index (κ1) is 11.7. The van der Waals surface area contributed by atoms with Crippen LogP contribution in [-0.4, -0.2) is 12.9 Å². The summed E-state index contributed by atoms with van der Waals surface area (Å²) in [5.41, 5.74) is 0.736. The number of hydrogen-bond acceptors (Lipinski definition) is 2. The van der Waals surface area contributed by atoms with Crippen molar-refractivity contribution >= 4 is 5.78 Å². The lowest BCUT2D eigenvalue weighted by Crippen LogP contribution is -2.10. The molecule has 0 spiro atoms. The van der Waals surface area contributed by atoms with Crippen LogP contribution in [0.3, 0.4) is 0 Å². The minimum Gasteiger partial charge on any atom is -0.496 e. The second-order valence-electron chi connectivity index (χ2n) is 3.67. The van der Waals surface area contributed by atoms with Gasteiger partial charge in [-0.05, 0) is 37.1 Å². The molecule has 0 radical (unpaired) electrons. The third-order valence-corrected chi connectivity index (χ3v) is 2.46. The third-order valence-electron chi connectivity index (χ3n) is 2.46. The summed E-state index contributed by atoms with van der Waals surface area (Å²) in [6.45, 7) is 3.36. The van der Waals surface area contributed by atoms with Crippen molar-refractivity contribution in [3.05, 3.63) is 29.6 Å². The summed E-state index contributed by atoms with van der Waals surface area (Å²) >= 11 is 0. The zero-order chi connectivity index (χ0) is 11.4. The van der Waals surface area contributed by atoms with Gasteiger partial charge < -0.3 is 4.74 Å². The number of benzene rings is 1. The highest BCUT2D eigenvalue weighted by molar-refractivity contribution is 5.78. The molecule has 0 fully saturated rings. The van der Waals surface area contributed by atoms with Crippen molar-refractivity contribution in [3.8, 4) is 5.75 Å². The molecule has 2 nitrogen and oxygen atoms in total. The zero-order valence-corrected chi connectivity index (χ0v) is 9.21. The number of hydrogen-bond donors (Lipinski definition) is 0. The predicted molar refractivity (Wildman–Crippen MR) is 56.5 cm³/mol. The van der Waals surface area contributed by atoms with E-state index in [9.17, 15) is 9.18 Å². The lowest BCUT2D eigenvalue weighted by atomic mass is 9.97. The topological polar surface area (TPSA) is 26.3 Å². The molecule has 0 saturated heterocycles. The van der Waals surface area contributed by atoms with Crippen LogP contribution in [0.2, 0.25) is 0 Å². The fourth-order valence-corrected chi connectivity index (χ4v) is 1.38. The van der Waals surface area contributed by atoms with Gasteiger partial charge in [0.15, 0.2) is 0 Å². The van der Waals surface area contributed by atoms with E-state index in [1.165, 1.54) is 26.2 Å². The van der Waals surface area contributed by atoms with E-state index in [0.717, 1.165) is 5.56 Å². The van der Waals surface area contributed by atoms with Crippen LogP contribution in [0.25, 0.3) is 0 Å². The van der Waals surface area contributed by atoms with Gasteiger partial charge in [-0.3, -0.25) is 4.79 Å². The van der Waals surface area contributed by atoms with E-state index < -0.39 is 0 Å². The van der Waals surface area contributed by atoms with Crippen LogP contribution in [0.5, 0.6) is 5.75 Å². The minimum atomic E-state index is -0.304. The molecule has 1 rings (SSSR count). The Morgan fingerprint density at radius 3 is 2.73 bits per heavy atom. The molecule has 1 aromatic rings. The van der Waals surface area contributed by atoms with Crippen LogP contribution in [-0.2, 0) is 11.2 Å². The second kappa shape index (κ2) is 4.91. The molecule has 0 saturated carbocycles. The molecule has 0 aromatic heterocycles. The van der Waals surface area contributed by atoms with Crippen molar-refractivity contribution in [2.45, 2.75) is 20.3 Å². The number of Topliss-reactive ketones (excluding diaryl/α,β-unsaturated/α-hetero) is 1. The molecule has 0 aliphatic heterocycles. The third kappa shape index (κ3) is 3.05. The van der Waals surface area contributed by atoms with Gasteiger partial charge in [0.25, 0.3) is 0 Å². The van der Waals surface area contributed by atoms with Crippen molar-refractivity contribution in [3.63, 3.8) is 0 Å². The van der Waals surface area contributed by atoms with Crippen molar-refractivity contribution < 1.29 is 13.9 Å². The normalized spacial score (nSPS) is 12.3. The van der Waals surface area contributed by atoms with E-state index in [1.807, 2.05) is 6.92 Å². The number of halogens is 1. The molecule has 82 valence electrons. The Morgan fingerprint density at radius 1 is 1.53 bits per heavy atom. The smallest absolute Gasteiger partial charge is 0.132 e. The van der Waals surface area contributed by atoms with Crippen LogP contribution in [0, 0.1) is 11.7 Å². The first-order chi connectivity index (χ1) is 7.04. The summed E-state index contributed by atoms with van der Waals surface area (Å²) in [5, 5.41) is 0. The standard InChI is InChI=1S/C12H15FO2/c1-8(9(2)14)6-10-7-11(13)4-5-12(10)15-3/h4-5,7-8H,6H2,1-3H3. The molecule has 3 heteroatoms. The van der Waals surface area contributed by atoms with E-state index >= 15 is 0 Å². The molecule has 1 unspecified atom stereocenters. The maximum atomic E-state index is 13.0. The Morgan fingerprint density at radius 2 is 2.20 bits per heavy atom. The first-order valence-electron chi connectivity index (χ1n) is 4.87. The largest absolute Gasteiger partial charge is 0.496 e. The van der Waals surface area contributed by atoms with E-state index in [-0.39, 0.29) is 17.5 Å². The van der Waals surface area contributed by atoms with Gasteiger partial charge in [-0.15, -0.1) is 0 Å². The fraction of sp³-hybridized carbons (Fsp3) is 0.417. The van der Waals surface area contributed by atoms with Crippen LogP contribution in [0.1, 0.15) is 19.4 Å². The average molecular weight is 210 g/mol. The van der Waals surface area contributed by atoms with Gasteiger partial charge in [0.05, 0.1) is 7.11 Å². The first-order valence-corrected chi connectivity index (χ1v) is 4.87. The Balaban J connectivity index is 2.91. The molecule has 0 amide bonds. The highest BCUT2D eigenvalue weighted by Gasteiger charge is 2.12. The summed E-state index contributed by atoms with van der Waals surface area (Å²) in [4.78, 5) is 11.1. The van der Waals surface area contributed by atoms with Gasteiger partial charge in [-0.25, -0.2) is 4.39 Å². The number of carbonyl (C=O) groups excluding carboxylic acids is 1. The van der Waals surface area contributed by atoms with Gasteiger partial charge >= 0.3 is 0 Å². The van der Waals surface area contributed by atoms with Gasteiger partial charge in [0, 0.05) is 5.92 Å². The van der Waals surface area contributed by atoms with Gasteiger partial charge in [0.2, 0.25) is 0 Å². The number of carbonyl (C=O) groups is 1. The van der Waals surface area contributed by atoms with Gasteiger partial charge in [-0.2, -0.15) is 0 Å². The number of ketones is 1. The van der Waals surface area contributed by atoms with E-state index in [1.54, 1.807) is 6.07 Å². The fourth-order valence-electron chi connectivity index (χ4n) is 1.38. The predicted octanol–water partition coefficient (Wildman–Crippen LogP) is 2.60. The number of ether oxygens (including phenoxy) is 1. The van der Waals surface area contributed by atoms with Crippen molar-refractivity contribution in [2.75, 3.05) is 7.11 Å². The number of methoxy groups -OCH3 is 1. The molecule has 0 bridgehead atoms. The van der Waals surface area contributed by atoms with Crippen LogP contribution in [0.4, 0.5) is 4.39 Å². The molecule has 1 atom stereocenters. The highest BCUT2D eigenvalue weighted by atomic mass is 19.1. The highest BCUT2D eigenvalue weighted by Crippen LogP contribution is 2.22. The average Bonchev–Trinajstić information content (AvgIpc) is 2.18. The summed E-state index contributed by atoms with van der Waals surface area (Å²) in [6, 6.07) is 4.34. The summed E-state index contributed by atoms with van der Waals surface area (Å²) < 4.78 is 18.1. The Kier molecular flexibility index (Phi) is 3.83. The van der Waals surface area contributed by atoms with E-state index in [2.05, 4.69) is 0 Å². The second-order valence-corrected chi connectivity index (χ2v) is 3.67. The van der Waals surface area contributed by atoms with E-state index in [0.29, 0.717) is 12.2 Å². The zero-order valence-electron chi connectivity index (χ0n) is 9.21. The van der Waals surface area contributed by atoms with E-state index in [4.69, 9.17) is 4.74 Å². The molecule has 1 aromatic carbocycles. The SMILES string of the molecule is COc1ccc(F)cc1CC(C)C(C)=O. The maximum absolute atomic E-state index is 13.0. The Labute approximate surface area is 89.1 Å². The molecule has 0 aliphatic rings. The minimum absolute atomic E-state index is 0.0984. The number of rotatable bonds is 4. The maximum Gasteiger partial charge on any atom is 0.132 e. The van der Waals surface area contributed by atoms with Crippen LogP contribution >= 0.6 is 0 Å². The molecule has 0 N–H and O–H groups in total. The van der Waals surface area contributed by atoms with Crippen molar-refractivity contribution in [2.24, 2.45) is 5.92 Å². The molecular weight excluding hydrogens is 195 g/mol. The Hall–Kier alpha value is -1.38. The van der Waals surface area contributed by atoms with Crippen molar-refractivity contribution in [1.82, 2.24) is 0 Å². The van der Waals surface area contributed by atoms with Crippen LogP contribution in [0.15, 0.2) is 18.2 Å². The van der Waals surface area contributed by atoms with Gasteiger partial charge in [-0.1, -0.05) is 6.92 Å². The van der Waals surface area contributed by atoms with Gasteiger partial charge in [0.1, 0.15) is 17.3 Å². The quantitative estimate of drug-likeness (QED) is 0.763. The molecule has 15 heavy (non-hydrogen) atoms. The molecule has 0 aliphatic carbocycles. The molecular formula is C12H15FO2. The monoisotopic (exact) mass is 210 g/mol. The summed E-state index contributed by atoms with van der Waals surface area (Å²) in [7, 11) is 1.54. The van der Waals surface area contributed by atoms with Crippen molar-refractivity contribution in [1.29, 1.82) is 0 Å². The Bertz CT molecular complexity index is 361.